The largest absolute Gasteiger partial charge is 0.633 e. The van der Waals surface area contributed by atoms with Crippen molar-refractivity contribution in [1.29, 1.82) is 0 Å². The number of hydrogen-bond acceptors (Lipinski definition) is 2. The molecule has 1 rings (SSSR count). The average Bonchev–Trinajstić information content (AvgIpc) is 2.52. The van der Waals surface area contributed by atoms with Gasteiger partial charge in [0.15, 0.2) is 0 Å². The topological polar surface area (TPSA) is 52.2 Å². The molecule has 0 aromatic rings. The van der Waals surface area contributed by atoms with Crippen molar-refractivity contribution >= 4 is 5.91 Å². The first-order valence-corrected chi connectivity index (χ1v) is 7.66. The van der Waals surface area contributed by atoms with Gasteiger partial charge in [-0.25, -0.2) is 8.78 Å². The molecule has 0 spiro atoms. The van der Waals surface area contributed by atoms with E-state index in [2.05, 4.69) is 0 Å². The summed E-state index contributed by atoms with van der Waals surface area (Å²) in [7, 11) is 1.97. The van der Waals surface area contributed by atoms with Gasteiger partial charge in [0, 0.05) is 13.0 Å². The van der Waals surface area contributed by atoms with Crippen LogP contribution in [0.5, 0.6) is 0 Å². The number of quaternary nitrogens is 1. The van der Waals surface area contributed by atoms with Crippen LogP contribution in [0.1, 0.15) is 6.42 Å². The highest BCUT2D eigenvalue weighted by Crippen LogP contribution is 2.72. The van der Waals surface area contributed by atoms with Crippen molar-refractivity contribution in [3.05, 3.63) is 5.21 Å². The maximum atomic E-state index is 14.4. The smallest absolute Gasteiger partial charge is 0.435 e. The first kappa shape index (κ1) is 26.5. The van der Waals surface area contributed by atoms with Crippen molar-refractivity contribution in [1.82, 2.24) is 5.32 Å². The summed E-state index contributed by atoms with van der Waals surface area (Å²) in [5.41, 5.74) is -14.9. The Morgan fingerprint density at radius 1 is 0.833 bits per heavy atom. The second-order valence-corrected chi connectivity index (χ2v) is 7.02. The molecule has 0 heterocycles. The number of rotatable bonds is 5. The first-order valence-electron chi connectivity index (χ1n) is 7.66. The number of amides is 1. The van der Waals surface area contributed by atoms with Gasteiger partial charge in [-0.15, -0.1) is 0 Å². The van der Waals surface area contributed by atoms with E-state index in [4.69, 9.17) is 0 Å². The fraction of sp³-hybridized carbons (Fsp3) is 0.923. The fourth-order valence-electron chi connectivity index (χ4n) is 2.68. The van der Waals surface area contributed by atoms with Gasteiger partial charge in [0.1, 0.15) is 0 Å². The van der Waals surface area contributed by atoms with Gasteiger partial charge in [-0.1, -0.05) is 0 Å². The molecule has 1 fully saturated rings. The molecule has 0 atom stereocenters. The Morgan fingerprint density at radius 3 is 1.50 bits per heavy atom. The van der Waals surface area contributed by atoms with Crippen LogP contribution in [0.25, 0.3) is 0 Å². The number of hydrogen-bond donors (Lipinski definition) is 1. The Balaban J connectivity index is 3.56. The van der Waals surface area contributed by atoms with Crippen LogP contribution < -0.4 is 5.32 Å². The predicted molar refractivity (Wildman–Crippen MR) is 71.5 cm³/mol. The van der Waals surface area contributed by atoms with Crippen molar-refractivity contribution in [2.75, 3.05) is 27.2 Å². The fourth-order valence-corrected chi connectivity index (χ4v) is 2.68. The van der Waals surface area contributed by atoms with Gasteiger partial charge in [0.2, 0.25) is 0 Å². The normalized spacial score (nSPS) is 32.5. The molecule has 0 aromatic carbocycles. The van der Waals surface area contributed by atoms with E-state index in [1.165, 1.54) is 0 Å². The molecule has 0 aromatic heterocycles. The highest BCUT2D eigenvalue weighted by Gasteiger charge is 3.06. The van der Waals surface area contributed by atoms with Crippen LogP contribution in [-0.2, 0) is 4.79 Å². The van der Waals surface area contributed by atoms with E-state index >= 15 is 0 Å². The lowest BCUT2D eigenvalue weighted by molar-refractivity contribution is -0.840. The summed E-state index contributed by atoms with van der Waals surface area (Å²) in [6.07, 6.45) is -8.33. The van der Waals surface area contributed by atoms with Gasteiger partial charge in [0.05, 0.1) is 20.6 Å². The van der Waals surface area contributed by atoms with E-state index in [0.717, 1.165) is 19.4 Å². The molecule has 0 saturated heterocycles. The van der Waals surface area contributed by atoms with E-state index in [0.29, 0.717) is 0 Å². The molecular weight excluding hydrogens is 463 g/mol. The molecule has 178 valence electrons. The van der Waals surface area contributed by atoms with Crippen LogP contribution in [0.3, 0.4) is 0 Å². The third-order valence-corrected chi connectivity index (χ3v) is 4.38. The number of hydroxylamine groups is 3. The van der Waals surface area contributed by atoms with Crippen LogP contribution in [0.4, 0.5) is 57.1 Å². The molecule has 0 unspecified atom stereocenters. The molecule has 30 heavy (non-hydrogen) atoms. The van der Waals surface area contributed by atoms with Crippen molar-refractivity contribution in [3.63, 3.8) is 0 Å². The summed E-state index contributed by atoms with van der Waals surface area (Å²) in [6, 6.07) is 0. The van der Waals surface area contributed by atoms with Gasteiger partial charge in [-0.05, 0) is 0 Å². The maximum Gasteiger partial charge on any atom is 0.435 e. The Labute approximate surface area is 159 Å². The highest BCUT2D eigenvalue weighted by molar-refractivity contribution is 5.89. The Kier molecular flexibility index (Phi) is 5.95. The molecular formula is C13H13F13N2O2. The number of halogens is 13. The average molecular weight is 476 g/mol. The summed E-state index contributed by atoms with van der Waals surface area (Å²) in [4.78, 5) is 11.5. The van der Waals surface area contributed by atoms with E-state index in [9.17, 15) is 67.1 Å². The Hall–Kier alpha value is -1.52. The first-order chi connectivity index (χ1) is 12.9. The summed E-state index contributed by atoms with van der Waals surface area (Å²) in [5.74, 6) is -34.4. The van der Waals surface area contributed by atoms with Crippen molar-refractivity contribution < 1.29 is 66.5 Å². The van der Waals surface area contributed by atoms with Gasteiger partial charge in [0.25, 0.3) is 5.91 Å². The maximum absolute atomic E-state index is 14.4. The lowest BCUT2D eigenvalue weighted by atomic mass is 9.66. The molecule has 1 aliphatic rings. The van der Waals surface area contributed by atoms with Crippen LogP contribution in [0.15, 0.2) is 0 Å². The highest BCUT2D eigenvalue weighted by atomic mass is 19.4. The minimum atomic E-state index is -7.93. The van der Waals surface area contributed by atoms with E-state index in [-0.39, 0.29) is 0 Å². The van der Waals surface area contributed by atoms with Crippen LogP contribution in [0, 0.1) is 5.21 Å². The van der Waals surface area contributed by atoms with Gasteiger partial charge in [-0.2, -0.15) is 48.3 Å². The molecule has 1 saturated carbocycles. The molecule has 0 radical (unpaired) electrons. The zero-order chi connectivity index (χ0) is 24.4. The Bertz CT molecular complexity index is 656. The lowest BCUT2D eigenvalue weighted by Gasteiger charge is -2.54. The molecule has 0 bridgehead atoms. The minimum absolute atomic E-state index is 0.500. The SMILES string of the molecule is C[N+](C)([O-])CCCNC(=O)C1(F)C(F)(F)C(F)(F)C(F)(C(F)(F)F)C(F)(F)C1(F)F. The van der Waals surface area contributed by atoms with Crippen LogP contribution >= 0.6 is 0 Å². The molecule has 1 amide bonds. The standard InChI is InChI=1S/C13H13F13N2O2/c1-28(2,30)5-3-4-27-6(29)7(14)9(16,17)11(20,21)8(15,13(24,25)26)12(22,23)10(7,18)19/h3-5H2,1-2H3,(H,27,29). The van der Waals surface area contributed by atoms with Crippen molar-refractivity contribution in [3.8, 4) is 0 Å². The predicted octanol–water partition coefficient (Wildman–Crippen LogP) is 3.60. The number of carbonyl (C=O) groups is 1. The second kappa shape index (κ2) is 6.74. The van der Waals surface area contributed by atoms with Gasteiger partial charge in [-0.3, -0.25) is 4.79 Å². The van der Waals surface area contributed by atoms with E-state index in [1.54, 1.807) is 0 Å². The molecule has 4 nitrogen and oxygen atoms in total. The molecule has 1 N–H and O–H groups in total. The summed E-state index contributed by atoms with van der Waals surface area (Å²) >= 11 is 0. The number of nitrogens with zero attached hydrogens (tertiary/aromatic N) is 1. The zero-order valence-electron chi connectivity index (χ0n) is 14.8. The molecule has 1 aliphatic carbocycles. The minimum Gasteiger partial charge on any atom is -0.633 e. The number of nitrogens with one attached hydrogen (secondary N) is 1. The van der Waals surface area contributed by atoms with Crippen LogP contribution in [-0.4, -0.2) is 78.9 Å². The summed E-state index contributed by atoms with van der Waals surface area (Å²) < 4.78 is 175. The third kappa shape index (κ3) is 3.02. The van der Waals surface area contributed by atoms with Gasteiger partial charge >= 0.3 is 41.2 Å². The number of carbonyl (C=O) groups excluding carboxylic acids is 1. The van der Waals surface area contributed by atoms with Crippen molar-refractivity contribution in [2.24, 2.45) is 0 Å². The molecule has 17 heteroatoms. The van der Waals surface area contributed by atoms with E-state index < -0.39 is 71.3 Å². The Morgan fingerprint density at radius 2 is 1.20 bits per heavy atom. The monoisotopic (exact) mass is 476 g/mol. The third-order valence-electron chi connectivity index (χ3n) is 4.38. The van der Waals surface area contributed by atoms with Gasteiger partial charge < -0.3 is 15.2 Å². The van der Waals surface area contributed by atoms with E-state index in [1.807, 2.05) is 0 Å². The molecule has 0 aliphatic heterocycles. The summed E-state index contributed by atoms with van der Waals surface area (Å²) in [6.45, 7) is -1.67. The number of alkyl halides is 13. The quantitative estimate of drug-likeness (QED) is 0.286. The zero-order valence-corrected chi connectivity index (χ0v) is 14.8. The van der Waals surface area contributed by atoms with Crippen LogP contribution in [0.2, 0.25) is 0 Å². The second-order valence-electron chi connectivity index (χ2n) is 7.02. The van der Waals surface area contributed by atoms with Crippen molar-refractivity contribution in [2.45, 2.75) is 47.6 Å². The summed E-state index contributed by atoms with van der Waals surface area (Å²) in [5, 5.41) is 12.0. The lowest BCUT2D eigenvalue weighted by Crippen LogP contribution is -2.89.